The predicted molar refractivity (Wildman–Crippen MR) is 83.8 cm³/mol. The first-order valence-corrected chi connectivity index (χ1v) is 8.14. The van der Waals surface area contributed by atoms with Crippen LogP contribution in [0.2, 0.25) is 0 Å². The first-order chi connectivity index (χ1) is 9.65. The van der Waals surface area contributed by atoms with Crippen molar-refractivity contribution in [2.24, 2.45) is 0 Å². The van der Waals surface area contributed by atoms with Gasteiger partial charge in [0.25, 0.3) is 0 Å². The minimum Gasteiger partial charge on any atom is -0.478 e. The van der Waals surface area contributed by atoms with Crippen LogP contribution in [0.5, 0.6) is 0 Å². The predicted octanol–water partition coefficient (Wildman–Crippen LogP) is 3.97. The van der Waals surface area contributed by atoms with Crippen molar-refractivity contribution in [1.29, 1.82) is 0 Å². The van der Waals surface area contributed by atoms with Gasteiger partial charge in [0.2, 0.25) is 0 Å². The Morgan fingerprint density at radius 1 is 1.15 bits per heavy atom. The highest BCUT2D eigenvalue weighted by Crippen LogP contribution is 2.22. The zero-order valence-electron chi connectivity index (χ0n) is 11.1. The van der Waals surface area contributed by atoms with Gasteiger partial charge in [0.15, 0.2) is 0 Å². The molecule has 0 unspecified atom stereocenters. The average Bonchev–Trinajstić information content (AvgIpc) is 2.46. The monoisotopic (exact) mass is 305 g/mol. The number of nitrogens with zero attached hydrogens (tertiary/aromatic N) is 1. The number of thioether (sulfide) groups is 2. The van der Waals surface area contributed by atoms with Crippen molar-refractivity contribution in [2.45, 2.75) is 16.8 Å². The molecule has 1 aromatic heterocycles. The number of carboxylic acid groups (broad SMARTS) is 1. The third-order valence-corrected chi connectivity index (χ3v) is 4.80. The van der Waals surface area contributed by atoms with Crippen LogP contribution in [0.25, 0.3) is 0 Å². The second-order valence-corrected chi connectivity index (χ2v) is 6.48. The van der Waals surface area contributed by atoms with Crippen molar-refractivity contribution in [1.82, 2.24) is 4.98 Å². The van der Waals surface area contributed by atoms with Gasteiger partial charge in [0.05, 0.1) is 10.6 Å². The van der Waals surface area contributed by atoms with Gasteiger partial charge in [-0.25, -0.2) is 9.78 Å². The molecule has 0 bridgehead atoms. The number of aryl methyl sites for hydroxylation is 1. The van der Waals surface area contributed by atoms with E-state index in [1.807, 2.05) is 0 Å². The molecule has 20 heavy (non-hydrogen) atoms. The Balaban J connectivity index is 1.79. The Kier molecular flexibility index (Phi) is 5.49. The molecule has 1 N–H and O–H groups in total. The van der Waals surface area contributed by atoms with Crippen LogP contribution in [0.3, 0.4) is 0 Å². The van der Waals surface area contributed by atoms with E-state index in [0.717, 1.165) is 16.5 Å². The van der Waals surface area contributed by atoms with E-state index in [1.54, 1.807) is 35.8 Å². The third kappa shape index (κ3) is 4.58. The SMILES string of the molecule is Cc1ccc(SCCSc2cc(C(=O)O)ccn2)cc1. The molecule has 0 amide bonds. The molecule has 0 aliphatic rings. The van der Waals surface area contributed by atoms with Crippen molar-refractivity contribution < 1.29 is 9.90 Å². The van der Waals surface area contributed by atoms with Crippen molar-refractivity contribution in [3.05, 3.63) is 53.7 Å². The summed E-state index contributed by atoms with van der Waals surface area (Å²) in [5.41, 5.74) is 1.55. The number of aromatic carboxylic acids is 1. The van der Waals surface area contributed by atoms with E-state index in [2.05, 4.69) is 36.2 Å². The number of aromatic nitrogens is 1. The van der Waals surface area contributed by atoms with Crippen molar-refractivity contribution in [3.8, 4) is 0 Å². The molecule has 0 atom stereocenters. The molecule has 5 heteroatoms. The number of pyridine rings is 1. The maximum atomic E-state index is 10.9. The highest BCUT2D eigenvalue weighted by Gasteiger charge is 2.04. The lowest BCUT2D eigenvalue weighted by Gasteiger charge is -2.03. The molecule has 0 fully saturated rings. The molecule has 2 rings (SSSR count). The molecule has 1 aromatic carbocycles. The zero-order chi connectivity index (χ0) is 14.4. The largest absolute Gasteiger partial charge is 0.478 e. The second-order valence-electron chi connectivity index (χ2n) is 4.20. The van der Waals surface area contributed by atoms with Crippen molar-refractivity contribution in [2.75, 3.05) is 11.5 Å². The third-order valence-electron chi connectivity index (χ3n) is 2.60. The number of carboxylic acids is 1. The lowest BCUT2D eigenvalue weighted by molar-refractivity contribution is 0.0696. The van der Waals surface area contributed by atoms with Gasteiger partial charge in [-0.15, -0.1) is 23.5 Å². The van der Waals surface area contributed by atoms with Gasteiger partial charge < -0.3 is 5.11 Å². The van der Waals surface area contributed by atoms with Crippen molar-refractivity contribution >= 4 is 29.5 Å². The summed E-state index contributed by atoms with van der Waals surface area (Å²) in [6, 6.07) is 11.6. The van der Waals surface area contributed by atoms with Crippen LogP contribution < -0.4 is 0 Å². The van der Waals surface area contributed by atoms with E-state index < -0.39 is 5.97 Å². The average molecular weight is 305 g/mol. The summed E-state index contributed by atoms with van der Waals surface area (Å²) in [5.74, 6) is 0.949. The van der Waals surface area contributed by atoms with Crippen LogP contribution in [0.4, 0.5) is 0 Å². The number of benzene rings is 1. The molecule has 2 aromatic rings. The first kappa shape index (κ1) is 14.9. The Morgan fingerprint density at radius 2 is 1.85 bits per heavy atom. The smallest absolute Gasteiger partial charge is 0.335 e. The molecule has 1 heterocycles. The lowest BCUT2D eigenvalue weighted by atomic mass is 10.2. The van der Waals surface area contributed by atoms with E-state index in [-0.39, 0.29) is 5.56 Å². The lowest BCUT2D eigenvalue weighted by Crippen LogP contribution is -1.97. The topological polar surface area (TPSA) is 50.2 Å². The second kappa shape index (κ2) is 7.36. The summed E-state index contributed by atoms with van der Waals surface area (Å²) < 4.78 is 0. The molecule has 104 valence electrons. The molecular weight excluding hydrogens is 290 g/mol. The van der Waals surface area contributed by atoms with Crippen LogP contribution in [0.1, 0.15) is 15.9 Å². The van der Waals surface area contributed by atoms with Crippen molar-refractivity contribution in [3.63, 3.8) is 0 Å². The van der Waals surface area contributed by atoms with Gasteiger partial charge >= 0.3 is 5.97 Å². The standard InChI is InChI=1S/C15H15NO2S2/c1-11-2-4-13(5-3-11)19-8-9-20-14-10-12(15(17)18)6-7-16-14/h2-7,10H,8-9H2,1H3,(H,17,18). The van der Waals surface area contributed by atoms with Gasteiger partial charge in [0, 0.05) is 22.6 Å². The summed E-state index contributed by atoms with van der Waals surface area (Å²) in [6.45, 7) is 2.07. The van der Waals surface area contributed by atoms with Gasteiger partial charge in [-0.3, -0.25) is 0 Å². The van der Waals surface area contributed by atoms with Crippen LogP contribution in [0.15, 0.2) is 52.5 Å². The van der Waals surface area contributed by atoms with Crippen LogP contribution >= 0.6 is 23.5 Å². The van der Waals surface area contributed by atoms with Gasteiger partial charge in [-0.2, -0.15) is 0 Å². The molecule has 0 radical (unpaired) electrons. The number of rotatable bonds is 6. The number of carbonyl (C=O) groups is 1. The Labute approximate surface area is 126 Å². The quantitative estimate of drug-likeness (QED) is 0.646. The number of hydrogen-bond acceptors (Lipinski definition) is 4. The highest BCUT2D eigenvalue weighted by molar-refractivity contribution is 8.02. The molecule has 0 saturated carbocycles. The summed E-state index contributed by atoms with van der Waals surface area (Å²) in [6.07, 6.45) is 1.54. The minimum absolute atomic E-state index is 0.286. The zero-order valence-corrected chi connectivity index (χ0v) is 12.7. The summed E-state index contributed by atoms with van der Waals surface area (Å²) >= 11 is 3.37. The first-order valence-electron chi connectivity index (χ1n) is 6.17. The molecule has 0 aliphatic heterocycles. The highest BCUT2D eigenvalue weighted by atomic mass is 32.2. The Bertz CT molecular complexity index is 585. The molecule has 3 nitrogen and oxygen atoms in total. The maximum Gasteiger partial charge on any atom is 0.335 e. The molecular formula is C15H15NO2S2. The van der Waals surface area contributed by atoms with Gasteiger partial charge in [-0.05, 0) is 31.2 Å². The fourth-order valence-electron chi connectivity index (χ4n) is 1.56. The van der Waals surface area contributed by atoms with E-state index in [4.69, 9.17) is 5.11 Å². The molecule has 0 aliphatic carbocycles. The molecule has 0 spiro atoms. The normalized spacial score (nSPS) is 10.4. The van der Waals surface area contributed by atoms with Crippen LogP contribution in [0, 0.1) is 6.92 Å². The van der Waals surface area contributed by atoms with Gasteiger partial charge in [-0.1, -0.05) is 17.7 Å². The summed E-state index contributed by atoms with van der Waals surface area (Å²) in [5, 5.41) is 9.67. The number of hydrogen-bond donors (Lipinski definition) is 1. The Morgan fingerprint density at radius 3 is 2.55 bits per heavy atom. The summed E-state index contributed by atoms with van der Waals surface area (Å²) in [7, 11) is 0. The van der Waals surface area contributed by atoms with Crippen LogP contribution in [-0.2, 0) is 0 Å². The maximum absolute atomic E-state index is 10.9. The summed E-state index contributed by atoms with van der Waals surface area (Å²) in [4.78, 5) is 16.3. The minimum atomic E-state index is -0.914. The fraction of sp³-hybridized carbons (Fsp3) is 0.200. The molecule has 0 saturated heterocycles. The fourth-order valence-corrected chi connectivity index (χ4v) is 3.35. The Hall–Kier alpha value is -1.46. The van der Waals surface area contributed by atoms with Crippen LogP contribution in [-0.4, -0.2) is 27.6 Å². The van der Waals surface area contributed by atoms with E-state index in [9.17, 15) is 4.79 Å². The van der Waals surface area contributed by atoms with E-state index >= 15 is 0 Å². The van der Waals surface area contributed by atoms with E-state index in [1.165, 1.54) is 16.5 Å². The van der Waals surface area contributed by atoms with Gasteiger partial charge in [0.1, 0.15) is 0 Å². The van der Waals surface area contributed by atoms with E-state index in [0.29, 0.717) is 0 Å².